The molecule has 0 spiro atoms. The zero-order valence-electron chi connectivity index (χ0n) is 11.0. The van der Waals surface area contributed by atoms with Crippen molar-refractivity contribution >= 4 is 46.5 Å². The molecule has 0 fully saturated rings. The lowest BCUT2D eigenvalue weighted by Gasteiger charge is -2.09. The van der Waals surface area contributed by atoms with Crippen LogP contribution in [0.3, 0.4) is 0 Å². The molecule has 0 aliphatic rings. The van der Waals surface area contributed by atoms with Crippen molar-refractivity contribution < 1.29 is 13.6 Å². The van der Waals surface area contributed by atoms with Gasteiger partial charge in [-0.15, -0.1) is 11.3 Å². The van der Waals surface area contributed by atoms with Crippen LogP contribution in [0.1, 0.15) is 5.69 Å². The number of thioether (sulfide) groups is 2. The van der Waals surface area contributed by atoms with Gasteiger partial charge in [-0.3, -0.25) is 4.79 Å². The third-order valence-corrected chi connectivity index (χ3v) is 5.23. The highest BCUT2D eigenvalue weighted by atomic mass is 32.2. The first-order valence-corrected chi connectivity index (χ1v) is 8.67. The molecular formula is C13H12F2N2OS3. The highest BCUT2D eigenvalue weighted by Gasteiger charge is 2.12. The first-order valence-electron chi connectivity index (χ1n) is 5.93. The quantitative estimate of drug-likeness (QED) is 0.782. The molecule has 0 aliphatic heterocycles. The number of hydrogen-bond acceptors (Lipinski definition) is 5. The Bertz CT molecular complexity index is 619. The van der Waals surface area contributed by atoms with E-state index in [4.69, 9.17) is 0 Å². The van der Waals surface area contributed by atoms with E-state index >= 15 is 0 Å². The number of aromatic nitrogens is 1. The van der Waals surface area contributed by atoms with E-state index < -0.39 is 5.76 Å². The summed E-state index contributed by atoms with van der Waals surface area (Å²) in [5, 5.41) is 4.57. The molecule has 2 aromatic rings. The number of aryl methyl sites for hydroxylation is 1. The van der Waals surface area contributed by atoms with Gasteiger partial charge in [-0.25, -0.2) is 4.98 Å². The molecule has 2 rings (SSSR count). The third-order valence-electron chi connectivity index (χ3n) is 2.30. The number of carbonyl (C=O) groups is 1. The van der Waals surface area contributed by atoms with Gasteiger partial charge in [-0.2, -0.15) is 8.78 Å². The van der Waals surface area contributed by atoms with Gasteiger partial charge in [0.05, 0.1) is 11.4 Å². The van der Waals surface area contributed by atoms with Crippen LogP contribution in [-0.2, 0) is 4.79 Å². The van der Waals surface area contributed by atoms with Gasteiger partial charge in [0.25, 0.3) is 5.76 Å². The summed E-state index contributed by atoms with van der Waals surface area (Å²) in [6.45, 7) is 1.89. The number of rotatable bonds is 6. The van der Waals surface area contributed by atoms with E-state index in [1.54, 1.807) is 24.3 Å². The molecule has 1 heterocycles. The van der Waals surface area contributed by atoms with Gasteiger partial charge < -0.3 is 5.32 Å². The number of hydrogen-bond donors (Lipinski definition) is 1. The molecule has 1 aromatic heterocycles. The monoisotopic (exact) mass is 346 g/mol. The summed E-state index contributed by atoms with van der Waals surface area (Å²) in [6, 6.07) is 6.53. The Morgan fingerprint density at radius 3 is 2.86 bits per heavy atom. The van der Waals surface area contributed by atoms with Gasteiger partial charge in [0.15, 0.2) is 4.34 Å². The van der Waals surface area contributed by atoms with Gasteiger partial charge in [0, 0.05) is 16.0 Å². The van der Waals surface area contributed by atoms with Crippen molar-refractivity contribution in [2.45, 2.75) is 21.9 Å². The van der Waals surface area contributed by atoms with Crippen LogP contribution < -0.4 is 5.32 Å². The SMILES string of the molecule is Cc1csc(SCC(=O)Nc2ccccc2SC(F)F)n1. The van der Waals surface area contributed by atoms with Crippen LogP contribution in [0.25, 0.3) is 0 Å². The van der Waals surface area contributed by atoms with Crippen LogP contribution in [0.4, 0.5) is 14.5 Å². The number of amides is 1. The Kier molecular flexibility index (Phi) is 6.01. The molecule has 1 N–H and O–H groups in total. The fourth-order valence-electron chi connectivity index (χ4n) is 1.48. The van der Waals surface area contributed by atoms with Gasteiger partial charge in [-0.05, 0) is 19.1 Å². The van der Waals surface area contributed by atoms with Crippen molar-refractivity contribution in [3.8, 4) is 0 Å². The number of para-hydroxylation sites is 1. The van der Waals surface area contributed by atoms with Crippen LogP contribution in [0.15, 0.2) is 38.9 Å². The average Bonchev–Trinajstić information content (AvgIpc) is 2.84. The number of thiazole rings is 1. The van der Waals surface area contributed by atoms with E-state index in [1.165, 1.54) is 23.1 Å². The van der Waals surface area contributed by atoms with E-state index in [9.17, 15) is 13.6 Å². The second-order valence-corrected chi connectivity index (χ2v) is 7.08. The molecule has 3 nitrogen and oxygen atoms in total. The Hall–Kier alpha value is -1.12. The number of nitrogens with one attached hydrogen (secondary N) is 1. The van der Waals surface area contributed by atoms with Crippen molar-refractivity contribution in [1.29, 1.82) is 0 Å². The smallest absolute Gasteiger partial charge is 0.288 e. The lowest BCUT2D eigenvalue weighted by Crippen LogP contribution is -2.14. The Labute approximate surface area is 133 Å². The number of alkyl halides is 2. The van der Waals surface area contributed by atoms with Gasteiger partial charge in [-0.1, -0.05) is 35.7 Å². The molecule has 8 heteroatoms. The highest BCUT2D eigenvalue weighted by molar-refractivity contribution is 8.01. The summed E-state index contributed by atoms with van der Waals surface area (Å²) < 4.78 is 25.7. The zero-order chi connectivity index (χ0) is 15.2. The number of nitrogens with zero attached hydrogens (tertiary/aromatic N) is 1. The maximum Gasteiger partial charge on any atom is 0.288 e. The summed E-state index contributed by atoms with van der Waals surface area (Å²) in [6.07, 6.45) is 0. The summed E-state index contributed by atoms with van der Waals surface area (Å²) in [5.41, 5.74) is 1.32. The number of anilines is 1. The first kappa shape index (κ1) is 16.3. The summed E-state index contributed by atoms with van der Waals surface area (Å²) in [5.74, 6) is -2.56. The summed E-state index contributed by atoms with van der Waals surface area (Å²) in [4.78, 5) is 16.5. The van der Waals surface area contributed by atoms with Crippen LogP contribution in [0.2, 0.25) is 0 Å². The average molecular weight is 346 g/mol. The summed E-state index contributed by atoms with van der Waals surface area (Å²) >= 11 is 3.23. The fourth-order valence-corrected chi connectivity index (χ4v) is 3.73. The van der Waals surface area contributed by atoms with Gasteiger partial charge in [0.2, 0.25) is 5.91 Å². The predicted molar refractivity (Wildman–Crippen MR) is 84.5 cm³/mol. The van der Waals surface area contributed by atoms with E-state index in [0.717, 1.165) is 10.0 Å². The van der Waals surface area contributed by atoms with Gasteiger partial charge in [0.1, 0.15) is 0 Å². The second-order valence-electron chi connectivity index (χ2n) is 3.97. The lowest BCUT2D eigenvalue weighted by molar-refractivity contribution is -0.113. The fraction of sp³-hybridized carbons (Fsp3) is 0.231. The van der Waals surface area contributed by atoms with Crippen molar-refractivity contribution in [2.75, 3.05) is 11.1 Å². The lowest BCUT2D eigenvalue weighted by atomic mass is 10.3. The summed E-state index contributed by atoms with van der Waals surface area (Å²) in [7, 11) is 0. The van der Waals surface area contributed by atoms with Gasteiger partial charge >= 0.3 is 0 Å². The van der Waals surface area contributed by atoms with Crippen molar-refractivity contribution in [1.82, 2.24) is 4.98 Å². The molecule has 0 atom stereocenters. The van der Waals surface area contributed by atoms with Crippen molar-refractivity contribution in [2.24, 2.45) is 0 Å². The van der Waals surface area contributed by atoms with Crippen LogP contribution in [0, 0.1) is 6.92 Å². The second kappa shape index (κ2) is 7.77. The number of halogens is 2. The van der Waals surface area contributed by atoms with E-state index in [0.29, 0.717) is 22.3 Å². The third kappa shape index (κ3) is 5.29. The standard InChI is InChI=1S/C13H12F2N2OS3/c1-8-6-19-13(16-8)20-7-11(18)17-9-4-2-3-5-10(9)21-12(14)15/h2-6,12H,7H2,1H3,(H,17,18). The molecule has 0 aliphatic carbocycles. The minimum atomic E-state index is -2.52. The van der Waals surface area contributed by atoms with Crippen molar-refractivity contribution in [3.63, 3.8) is 0 Å². The van der Waals surface area contributed by atoms with Crippen LogP contribution >= 0.6 is 34.9 Å². The van der Waals surface area contributed by atoms with Crippen LogP contribution in [0.5, 0.6) is 0 Å². The number of carbonyl (C=O) groups excluding carboxylic acids is 1. The molecule has 0 saturated heterocycles. The molecule has 0 saturated carbocycles. The normalized spacial score (nSPS) is 10.9. The molecule has 1 amide bonds. The maximum atomic E-state index is 12.4. The van der Waals surface area contributed by atoms with E-state index in [2.05, 4.69) is 10.3 Å². The minimum absolute atomic E-state index is 0.195. The van der Waals surface area contributed by atoms with E-state index in [-0.39, 0.29) is 11.7 Å². The topological polar surface area (TPSA) is 42.0 Å². The largest absolute Gasteiger partial charge is 0.324 e. The van der Waals surface area contributed by atoms with E-state index in [1.807, 2.05) is 12.3 Å². The molecule has 1 aromatic carbocycles. The highest BCUT2D eigenvalue weighted by Crippen LogP contribution is 2.31. The molecule has 0 radical (unpaired) electrons. The molecule has 0 bridgehead atoms. The first-order chi connectivity index (χ1) is 10.0. The minimum Gasteiger partial charge on any atom is -0.324 e. The Morgan fingerprint density at radius 2 is 2.19 bits per heavy atom. The Balaban J connectivity index is 1.93. The molecule has 21 heavy (non-hydrogen) atoms. The zero-order valence-corrected chi connectivity index (χ0v) is 13.5. The maximum absolute atomic E-state index is 12.4. The molecular weight excluding hydrogens is 334 g/mol. The van der Waals surface area contributed by atoms with Crippen molar-refractivity contribution in [3.05, 3.63) is 35.3 Å². The molecule has 0 unspecified atom stereocenters. The van der Waals surface area contributed by atoms with Crippen LogP contribution in [-0.4, -0.2) is 22.4 Å². The number of benzene rings is 1. The molecule has 112 valence electrons. The Morgan fingerprint density at radius 1 is 1.43 bits per heavy atom. The predicted octanol–water partition coefficient (Wildman–Crippen LogP) is 4.50.